The standard InChI is InChI=1S/C12H21NO/c1-12(6-8-14-9-7-12)13-10-11-4-2-3-5-11/h4,13H,2-3,5-10H2,1H3. The lowest BCUT2D eigenvalue weighted by atomic mass is 9.92. The summed E-state index contributed by atoms with van der Waals surface area (Å²) in [6.07, 6.45) is 8.66. The number of nitrogens with one attached hydrogen (secondary N) is 1. The van der Waals surface area contributed by atoms with Crippen LogP contribution in [0.25, 0.3) is 0 Å². The molecule has 1 saturated heterocycles. The van der Waals surface area contributed by atoms with Crippen LogP contribution in [0.15, 0.2) is 11.6 Å². The van der Waals surface area contributed by atoms with Crippen molar-refractivity contribution in [2.24, 2.45) is 0 Å². The lowest BCUT2D eigenvalue weighted by Crippen LogP contribution is -2.47. The fourth-order valence-electron chi connectivity index (χ4n) is 2.22. The molecule has 2 aliphatic rings. The minimum Gasteiger partial charge on any atom is -0.381 e. The first-order chi connectivity index (χ1) is 6.79. The van der Waals surface area contributed by atoms with Gasteiger partial charge in [0.15, 0.2) is 0 Å². The zero-order valence-corrected chi connectivity index (χ0v) is 9.14. The molecule has 2 rings (SSSR count). The van der Waals surface area contributed by atoms with Crippen LogP contribution < -0.4 is 5.32 Å². The molecule has 1 fully saturated rings. The molecule has 0 aromatic rings. The second-order valence-corrected chi connectivity index (χ2v) is 4.78. The molecule has 1 N–H and O–H groups in total. The Morgan fingerprint density at radius 1 is 1.43 bits per heavy atom. The van der Waals surface area contributed by atoms with Gasteiger partial charge in [0.05, 0.1) is 0 Å². The van der Waals surface area contributed by atoms with Gasteiger partial charge in [-0.15, -0.1) is 0 Å². The van der Waals surface area contributed by atoms with Gasteiger partial charge in [0.2, 0.25) is 0 Å². The maximum absolute atomic E-state index is 5.38. The number of ether oxygens (including phenoxy) is 1. The monoisotopic (exact) mass is 195 g/mol. The van der Waals surface area contributed by atoms with Crippen LogP contribution in [0.2, 0.25) is 0 Å². The summed E-state index contributed by atoms with van der Waals surface area (Å²) in [5.41, 5.74) is 1.93. The van der Waals surface area contributed by atoms with Gasteiger partial charge in [-0.05, 0) is 39.0 Å². The summed E-state index contributed by atoms with van der Waals surface area (Å²) in [5, 5.41) is 3.69. The number of hydrogen-bond donors (Lipinski definition) is 1. The third-order valence-corrected chi connectivity index (χ3v) is 3.47. The molecule has 0 saturated carbocycles. The molecule has 2 heteroatoms. The minimum atomic E-state index is 0.321. The van der Waals surface area contributed by atoms with Gasteiger partial charge in [0, 0.05) is 25.3 Å². The summed E-state index contributed by atoms with van der Waals surface area (Å²) in [6.45, 7) is 5.26. The van der Waals surface area contributed by atoms with Gasteiger partial charge in [-0.25, -0.2) is 0 Å². The molecular formula is C12H21NO. The molecule has 1 heterocycles. The Morgan fingerprint density at radius 2 is 2.21 bits per heavy atom. The zero-order chi connectivity index (χ0) is 9.86. The number of allylic oxidation sites excluding steroid dienone is 1. The Kier molecular flexibility index (Phi) is 3.24. The molecule has 2 nitrogen and oxygen atoms in total. The van der Waals surface area contributed by atoms with Crippen molar-refractivity contribution >= 4 is 0 Å². The van der Waals surface area contributed by atoms with E-state index in [4.69, 9.17) is 4.74 Å². The summed E-state index contributed by atoms with van der Waals surface area (Å²) >= 11 is 0. The Labute approximate surface area is 86.7 Å². The Hall–Kier alpha value is -0.340. The molecule has 14 heavy (non-hydrogen) atoms. The molecule has 0 atom stereocenters. The van der Waals surface area contributed by atoms with E-state index in [2.05, 4.69) is 18.3 Å². The maximum atomic E-state index is 5.38. The highest BCUT2D eigenvalue weighted by atomic mass is 16.5. The van der Waals surface area contributed by atoms with E-state index >= 15 is 0 Å². The summed E-state index contributed by atoms with van der Waals surface area (Å²) in [6, 6.07) is 0. The van der Waals surface area contributed by atoms with Crippen LogP contribution in [0, 0.1) is 0 Å². The van der Waals surface area contributed by atoms with Crippen molar-refractivity contribution in [3.8, 4) is 0 Å². The topological polar surface area (TPSA) is 21.3 Å². The third kappa shape index (κ3) is 2.58. The van der Waals surface area contributed by atoms with Crippen LogP contribution in [0.3, 0.4) is 0 Å². The van der Waals surface area contributed by atoms with Crippen molar-refractivity contribution in [2.75, 3.05) is 19.8 Å². The van der Waals surface area contributed by atoms with Gasteiger partial charge in [0.1, 0.15) is 0 Å². The van der Waals surface area contributed by atoms with E-state index in [0.717, 1.165) is 32.6 Å². The molecule has 80 valence electrons. The SMILES string of the molecule is CC1(NCC2=CCCC2)CCOCC1. The van der Waals surface area contributed by atoms with E-state index < -0.39 is 0 Å². The van der Waals surface area contributed by atoms with Crippen LogP contribution in [-0.4, -0.2) is 25.3 Å². The van der Waals surface area contributed by atoms with Gasteiger partial charge < -0.3 is 10.1 Å². The van der Waals surface area contributed by atoms with Crippen LogP contribution >= 0.6 is 0 Å². The first-order valence-corrected chi connectivity index (χ1v) is 5.79. The highest BCUT2D eigenvalue weighted by Gasteiger charge is 2.26. The summed E-state index contributed by atoms with van der Waals surface area (Å²) in [7, 11) is 0. The predicted molar refractivity (Wildman–Crippen MR) is 58.4 cm³/mol. The largest absolute Gasteiger partial charge is 0.381 e. The molecule has 0 aromatic carbocycles. The van der Waals surface area contributed by atoms with Crippen LogP contribution in [0.5, 0.6) is 0 Å². The molecule has 0 radical (unpaired) electrons. The fraction of sp³-hybridized carbons (Fsp3) is 0.833. The van der Waals surface area contributed by atoms with Crippen LogP contribution in [0.4, 0.5) is 0 Å². The normalized spacial score (nSPS) is 26.2. The highest BCUT2D eigenvalue weighted by molar-refractivity contribution is 5.10. The van der Waals surface area contributed by atoms with E-state index in [0.29, 0.717) is 5.54 Å². The number of hydrogen-bond acceptors (Lipinski definition) is 2. The summed E-state index contributed by atoms with van der Waals surface area (Å²) in [4.78, 5) is 0. The molecule has 0 amide bonds. The van der Waals surface area contributed by atoms with E-state index in [9.17, 15) is 0 Å². The highest BCUT2D eigenvalue weighted by Crippen LogP contribution is 2.22. The molecule has 1 aliphatic carbocycles. The minimum absolute atomic E-state index is 0.321. The summed E-state index contributed by atoms with van der Waals surface area (Å²) in [5.74, 6) is 0. The summed E-state index contributed by atoms with van der Waals surface area (Å²) < 4.78 is 5.38. The average Bonchev–Trinajstić information content (AvgIpc) is 2.69. The Morgan fingerprint density at radius 3 is 2.86 bits per heavy atom. The molecule has 0 unspecified atom stereocenters. The van der Waals surface area contributed by atoms with Crippen LogP contribution in [0.1, 0.15) is 39.0 Å². The van der Waals surface area contributed by atoms with Gasteiger partial charge in [-0.2, -0.15) is 0 Å². The van der Waals surface area contributed by atoms with E-state index in [1.54, 1.807) is 5.57 Å². The van der Waals surface area contributed by atoms with Crippen molar-refractivity contribution in [3.05, 3.63) is 11.6 Å². The van der Waals surface area contributed by atoms with Crippen molar-refractivity contribution in [1.29, 1.82) is 0 Å². The Balaban J connectivity index is 1.77. The molecule has 0 bridgehead atoms. The second-order valence-electron chi connectivity index (χ2n) is 4.78. The van der Waals surface area contributed by atoms with Gasteiger partial charge in [0.25, 0.3) is 0 Å². The molecule has 1 aliphatic heterocycles. The maximum Gasteiger partial charge on any atom is 0.0483 e. The fourth-order valence-corrected chi connectivity index (χ4v) is 2.22. The first kappa shape index (κ1) is 10.2. The first-order valence-electron chi connectivity index (χ1n) is 5.79. The van der Waals surface area contributed by atoms with Gasteiger partial charge in [-0.3, -0.25) is 0 Å². The molecule has 0 spiro atoms. The Bertz CT molecular complexity index is 216. The van der Waals surface area contributed by atoms with E-state index in [1.807, 2.05) is 0 Å². The smallest absolute Gasteiger partial charge is 0.0483 e. The second kappa shape index (κ2) is 4.45. The van der Waals surface area contributed by atoms with Crippen LogP contribution in [-0.2, 0) is 4.74 Å². The third-order valence-electron chi connectivity index (χ3n) is 3.47. The molecule has 0 aromatic heterocycles. The predicted octanol–water partition coefficient (Wildman–Crippen LogP) is 2.26. The zero-order valence-electron chi connectivity index (χ0n) is 9.14. The van der Waals surface area contributed by atoms with Gasteiger partial charge >= 0.3 is 0 Å². The van der Waals surface area contributed by atoms with Crippen molar-refractivity contribution in [3.63, 3.8) is 0 Å². The van der Waals surface area contributed by atoms with Crippen molar-refractivity contribution in [1.82, 2.24) is 5.32 Å². The molecular weight excluding hydrogens is 174 g/mol. The van der Waals surface area contributed by atoms with Crippen molar-refractivity contribution < 1.29 is 4.74 Å². The lowest BCUT2D eigenvalue weighted by molar-refractivity contribution is 0.0464. The number of rotatable bonds is 3. The lowest BCUT2D eigenvalue weighted by Gasteiger charge is -2.34. The van der Waals surface area contributed by atoms with Gasteiger partial charge in [-0.1, -0.05) is 11.6 Å². The van der Waals surface area contributed by atoms with E-state index in [-0.39, 0.29) is 0 Å². The quantitative estimate of drug-likeness (QED) is 0.697. The van der Waals surface area contributed by atoms with E-state index in [1.165, 1.54) is 19.3 Å². The van der Waals surface area contributed by atoms with Crippen molar-refractivity contribution in [2.45, 2.75) is 44.6 Å². The average molecular weight is 195 g/mol.